The molecule has 1 rings (SSSR count). The molecule has 0 aliphatic heterocycles. The van der Waals surface area contributed by atoms with Crippen LogP contribution in [0.1, 0.15) is 0 Å². The second-order valence-corrected chi connectivity index (χ2v) is 2.40. The Morgan fingerprint density at radius 3 is 2.60 bits per heavy atom. The van der Waals surface area contributed by atoms with E-state index in [1.807, 2.05) is 0 Å². The molecule has 1 aromatic heterocycles. The number of pyridine rings is 1. The standard InChI is InChI=1S/C6H4F3N3O3/c7-6(8,9)15-4-1-3(10)2-11-5(4)12(13)14/h1-2H,10H2. The fraction of sp³-hybridized carbons (Fsp3) is 0.167. The van der Waals surface area contributed by atoms with Crippen LogP contribution in [-0.4, -0.2) is 16.3 Å². The first kappa shape index (κ1) is 11.0. The second kappa shape index (κ2) is 3.59. The first-order chi connectivity index (χ1) is 6.79. The zero-order chi connectivity index (χ0) is 11.6. The summed E-state index contributed by atoms with van der Waals surface area (Å²) in [7, 11) is 0. The van der Waals surface area contributed by atoms with E-state index in [1.54, 1.807) is 0 Å². The van der Waals surface area contributed by atoms with Gasteiger partial charge in [0, 0.05) is 6.07 Å². The van der Waals surface area contributed by atoms with E-state index >= 15 is 0 Å². The fourth-order valence-electron chi connectivity index (χ4n) is 0.789. The van der Waals surface area contributed by atoms with Gasteiger partial charge in [-0.2, -0.15) is 0 Å². The molecule has 0 atom stereocenters. The molecule has 15 heavy (non-hydrogen) atoms. The third-order valence-electron chi connectivity index (χ3n) is 1.25. The normalized spacial score (nSPS) is 11.1. The van der Waals surface area contributed by atoms with Crippen LogP contribution in [0.25, 0.3) is 0 Å². The molecule has 82 valence electrons. The van der Waals surface area contributed by atoms with Gasteiger partial charge in [0.25, 0.3) is 0 Å². The highest BCUT2D eigenvalue weighted by Crippen LogP contribution is 2.31. The lowest BCUT2D eigenvalue weighted by molar-refractivity contribution is -0.393. The Morgan fingerprint density at radius 2 is 2.13 bits per heavy atom. The lowest BCUT2D eigenvalue weighted by Crippen LogP contribution is -2.18. The van der Waals surface area contributed by atoms with Crippen molar-refractivity contribution in [3.8, 4) is 5.75 Å². The Labute approximate surface area is 80.6 Å². The predicted octanol–water partition coefficient (Wildman–Crippen LogP) is 1.47. The molecule has 0 bridgehead atoms. The van der Waals surface area contributed by atoms with Crippen LogP contribution in [-0.2, 0) is 0 Å². The number of aromatic nitrogens is 1. The second-order valence-electron chi connectivity index (χ2n) is 2.40. The molecule has 1 aromatic rings. The minimum Gasteiger partial charge on any atom is -0.397 e. The summed E-state index contributed by atoms with van der Waals surface area (Å²) in [4.78, 5) is 12.3. The van der Waals surface area contributed by atoms with E-state index in [-0.39, 0.29) is 5.69 Å². The Balaban J connectivity index is 3.13. The van der Waals surface area contributed by atoms with Crippen molar-refractivity contribution in [2.45, 2.75) is 6.36 Å². The van der Waals surface area contributed by atoms with E-state index in [2.05, 4.69) is 9.72 Å². The molecular formula is C6H4F3N3O3. The maximum Gasteiger partial charge on any atom is 0.573 e. The molecule has 0 fully saturated rings. The number of rotatable bonds is 2. The number of nitro groups is 1. The molecule has 0 unspecified atom stereocenters. The average molecular weight is 223 g/mol. The third-order valence-corrected chi connectivity index (χ3v) is 1.25. The summed E-state index contributed by atoms with van der Waals surface area (Å²) >= 11 is 0. The summed E-state index contributed by atoms with van der Waals surface area (Å²) in [5.74, 6) is -2.07. The van der Waals surface area contributed by atoms with Crippen LogP contribution in [0.15, 0.2) is 12.3 Å². The van der Waals surface area contributed by atoms with E-state index in [4.69, 9.17) is 5.73 Å². The zero-order valence-corrected chi connectivity index (χ0v) is 6.99. The molecular weight excluding hydrogens is 219 g/mol. The summed E-state index contributed by atoms with van der Waals surface area (Å²) in [6, 6.07) is 0.679. The van der Waals surface area contributed by atoms with E-state index in [0.29, 0.717) is 6.07 Å². The van der Waals surface area contributed by atoms with Crippen LogP contribution in [0.5, 0.6) is 5.75 Å². The maximum absolute atomic E-state index is 11.8. The number of ether oxygens (including phenoxy) is 1. The van der Waals surface area contributed by atoms with E-state index < -0.39 is 22.9 Å². The molecule has 1 heterocycles. The van der Waals surface area contributed by atoms with Crippen molar-refractivity contribution in [2.75, 3.05) is 5.73 Å². The molecule has 0 spiro atoms. The smallest absolute Gasteiger partial charge is 0.397 e. The number of nitrogens with two attached hydrogens (primary N) is 1. The van der Waals surface area contributed by atoms with Crippen LogP contribution < -0.4 is 10.5 Å². The van der Waals surface area contributed by atoms with E-state index in [1.165, 1.54) is 0 Å². The summed E-state index contributed by atoms with van der Waals surface area (Å²) in [5, 5.41) is 10.3. The maximum atomic E-state index is 11.8. The molecule has 2 N–H and O–H groups in total. The van der Waals surface area contributed by atoms with Crippen molar-refractivity contribution in [1.29, 1.82) is 0 Å². The van der Waals surface area contributed by atoms with Crippen LogP contribution in [0.3, 0.4) is 0 Å². The van der Waals surface area contributed by atoms with E-state index in [0.717, 1.165) is 6.20 Å². The molecule has 0 aliphatic rings. The first-order valence-corrected chi connectivity index (χ1v) is 3.45. The molecule has 0 radical (unpaired) electrons. The van der Waals surface area contributed by atoms with Crippen molar-refractivity contribution in [1.82, 2.24) is 4.98 Å². The van der Waals surface area contributed by atoms with Crippen LogP contribution in [0.4, 0.5) is 24.7 Å². The molecule has 0 amide bonds. The number of nitrogens with zero attached hydrogens (tertiary/aromatic N) is 2. The summed E-state index contributed by atoms with van der Waals surface area (Å²) in [6.07, 6.45) is -4.17. The number of anilines is 1. The van der Waals surface area contributed by atoms with Crippen molar-refractivity contribution in [2.24, 2.45) is 0 Å². The van der Waals surface area contributed by atoms with Crippen LogP contribution >= 0.6 is 0 Å². The quantitative estimate of drug-likeness (QED) is 0.605. The van der Waals surface area contributed by atoms with Gasteiger partial charge in [0.15, 0.2) is 6.20 Å². The van der Waals surface area contributed by atoms with Gasteiger partial charge in [0.05, 0.1) is 5.69 Å². The van der Waals surface area contributed by atoms with Crippen molar-refractivity contribution in [3.05, 3.63) is 22.4 Å². The average Bonchev–Trinajstić information content (AvgIpc) is 1.99. The summed E-state index contributed by atoms with van der Waals surface area (Å²) < 4.78 is 38.8. The van der Waals surface area contributed by atoms with Crippen molar-refractivity contribution >= 4 is 11.5 Å². The minimum atomic E-state index is -5.03. The van der Waals surface area contributed by atoms with Gasteiger partial charge in [-0.15, -0.1) is 13.2 Å². The van der Waals surface area contributed by atoms with Gasteiger partial charge >= 0.3 is 12.2 Å². The van der Waals surface area contributed by atoms with Gasteiger partial charge in [-0.1, -0.05) is 0 Å². The molecule has 6 nitrogen and oxygen atoms in total. The number of hydrogen-bond donors (Lipinski definition) is 1. The summed E-state index contributed by atoms with van der Waals surface area (Å²) in [5.41, 5.74) is 4.95. The number of hydrogen-bond acceptors (Lipinski definition) is 5. The van der Waals surface area contributed by atoms with E-state index in [9.17, 15) is 23.3 Å². The zero-order valence-electron chi connectivity index (χ0n) is 6.99. The fourth-order valence-corrected chi connectivity index (χ4v) is 0.789. The molecule has 0 saturated carbocycles. The molecule has 0 aromatic carbocycles. The number of halogens is 3. The van der Waals surface area contributed by atoms with Crippen LogP contribution in [0, 0.1) is 10.1 Å². The van der Waals surface area contributed by atoms with Gasteiger partial charge in [0.1, 0.15) is 0 Å². The largest absolute Gasteiger partial charge is 0.573 e. The lowest BCUT2D eigenvalue weighted by atomic mass is 10.4. The Hall–Kier alpha value is -2.06. The molecule has 0 aliphatic carbocycles. The molecule has 0 saturated heterocycles. The van der Waals surface area contributed by atoms with Gasteiger partial charge in [0.2, 0.25) is 5.75 Å². The lowest BCUT2D eigenvalue weighted by Gasteiger charge is -2.08. The monoisotopic (exact) mass is 223 g/mol. The number of alkyl halides is 3. The highest BCUT2D eigenvalue weighted by atomic mass is 19.4. The van der Waals surface area contributed by atoms with Gasteiger partial charge in [-0.3, -0.25) is 0 Å². The first-order valence-electron chi connectivity index (χ1n) is 3.45. The number of nitrogen functional groups attached to an aromatic ring is 1. The SMILES string of the molecule is Nc1cnc([N+](=O)[O-])c(OC(F)(F)F)c1. The predicted molar refractivity (Wildman–Crippen MR) is 42.0 cm³/mol. The van der Waals surface area contributed by atoms with Crippen molar-refractivity contribution < 1.29 is 22.8 Å². The minimum absolute atomic E-state index is 0.167. The summed E-state index contributed by atoms with van der Waals surface area (Å²) in [6.45, 7) is 0. The highest BCUT2D eigenvalue weighted by molar-refractivity contribution is 5.49. The van der Waals surface area contributed by atoms with Gasteiger partial charge < -0.3 is 20.6 Å². The Morgan fingerprint density at radius 1 is 1.53 bits per heavy atom. The topological polar surface area (TPSA) is 91.3 Å². The Kier molecular flexibility index (Phi) is 2.64. The van der Waals surface area contributed by atoms with Gasteiger partial charge in [-0.25, -0.2) is 0 Å². The highest BCUT2D eigenvalue weighted by Gasteiger charge is 2.35. The third kappa shape index (κ3) is 2.97. The van der Waals surface area contributed by atoms with Crippen molar-refractivity contribution in [3.63, 3.8) is 0 Å². The Bertz CT molecular complexity index is 393. The van der Waals surface area contributed by atoms with Crippen LogP contribution in [0.2, 0.25) is 0 Å². The van der Waals surface area contributed by atoms with Gasteiger partial charge in [-0.05, 0) is 9.91 Å². The molecule has 9 heteroatoms.